The number of hydrogen-bond donors (Lipinski definition) is 2. The molecule has 1 fully saturated rings. The van der Waals surface area contributed by atoms with E-state index in [0.717, 1.165) is 30.3 Å². The maximum atomic E-state index is 12.6. The second-order valence-electron chi connectivity index (χ2n) is 5.71. The van der Waals surface area contributed by atoms with E-state index in [9.17, 15) is 8.42 Å². The Morgan fingerprint density at radius 1 is 1.14 bits per heavy atom. The third-order valence-electron chi connectivity index (χ3n) is 4.12. The lowest BCUT2D eigenvalue weighted by atomic mass is 9.97. The average molecular weight is 341 g/mol. The molecule has 2 unspecified atom stereocenters. The molecular formula is C16H21ClN2O2S. The Hall–Kier alpha value is -1.14. The van der Waals surface area contributed by atoms with Gasteiger partial charge in [0.2, 0.25) is 10.0 Å². The molecule has 2 N–H and O–H groups in total. The molecule has 3 rings (SSSR count). The number of halogens is 1. The molecule has 4 nitrogen and oxygen atoms in total. The lowest BCUT2D eigenvalue weighted by Crippen LogP contribution is -2.48. The molecule has 22 heavy (non-hydrogen) atoms. The average Bonchev–Trinajstić information content (AvgIpc) is 2.49. The first kappa shape index (κ1) is 17.2. The van der Waals surface area contributed by atoms with Crippen molar-refractivity contribution in [2.45, 2.75) is 24.3 Å². The summed E-state index contributed by atoms with van der Waals surface area (Å²) in [6.07, 6.45) is 0.827. The van der Waals surface area contributed by atoms with Crippen LogP contribution in [0.15, 0.2) is 47.4 Å². The van der Waals surface area contributed by atoms with Gasteiger partial charge in [0.05, 0.1) is 4.90 Å². The van der Waals surface area contributed by atoms with E-state index in [4.69, 9.17) is 0 Å². The molecule has 1 saturated heterocycles. The van der Waals surface area contributed by atoms with Crippen LogP contribution >= 0.6 is 12.4 Å². The summed E-state index contributed by atoms with van der Waals surface area (Å²) in [7, 11) is -3.46. The van der Waals surface area contributed by atoms with Crippen molar-refractivity contribution in [3.8, 4) is 0 Å². The zero-order valence-corrected chi connectivity index (χ0v) is 14.1. The number of fused-ring (bicyclic) bond motifs is 1. The van der Waals surface area contributed by atoms with Gasteiger partial charge < -0.3 is 5.32 Å². The number of nitrogens with one attached hydrogen (secondary N) is 2. The summed E-state index contributed by atoms with van der Waals surface area (Å²) in [4.78, 5) is 0.340. The van der Waals surface area contributed by atoms with E-state index in [2.05, 4.69) is 17.0 Å². The van der Waals surface area contributed by atoms with E-state index in [-0.39, 0.29) is 18.4 Å². The summed E-state index contributed by atoms with van der Waals surface area (Å²) in [5.74, 6) is 0.300. The number of piperidine rings is 1. The van der Waals surface area contributed by atoms with E-state index in [1.807, 2.05) is 30.3 Å². The standard InChI is InChI=1S/C16H20N2O2S.ClH/c1-12-11-17-9-8-16(12)18-21(19,20)15-7-6-13-4-2-3-5-14(13)10-15;/h2-7,10,12,16-18H,8-9,11H2,1H3;1H. The molecule has 2 aromatic rings. The first-order valence-electron chi connectivity index (χ1n) is 7.28. The molecule has 2 aromatic carbocycles. The molecule has 1 aliphatic heterocycles. The van der Waals surface area contributed by atoms with E-state index >= 15 is 0 Å². The van der Waals surface area contributed by atoms with Gasteiger partial charge in [-0.15, -0.1) is 12.4 Å². The lowest BCUT2D eigenvalue weighted by Gasteiger charge is -2.29. The van der Waals surface area contributed by atoms with Gasteiger partial charge in [0.25, 0.3) is 0 Å². The van der Waals surface area contributed by atoms with Gasteiger partial charge in [-0.2, -0.15) is 0 Å². The zero-order chi connectivity index (χ0) is 14.9. The Bertz CT molecular complexity index is 749. The van der Waals surface area contributed by atoms with Crippen LogP contribution < -0.4 is 10.0 Å². The zero-order valence-electron chi connectivity index (χ0n) is 12.5. The summed E-state index contributed by atoms with van der Waals surface area (Å²) < 4.78 is 28.0. The van der Waals surface area contributed by atoms with Crippen LogP contribution in [0.3, 0.4) is 0 Å². The molecule has 0 bridgehead atoms. The van der Waals surface area contributed by atoms with Crippen LogP contribution in [-0.4, -0.2) is 27.5 Å². The first-order chi connectivity index (χ1) is 10.1. The van der Waals surface area contributed by atoms with E-state index in [1.165, 1.54) is 0 Å². The van der Waals surface area contributed by atoms with Crippen LogP contribution in [-0.2, 0) is 10.0 Å². The second-order valence-corrected chi connectivity index (χ2v) is 7.42. The Kier molecular flexibility index (Phi) is 5.45. The fourth-order valence-corrected chi connectivity index (χ4v) is 4.21. The van der Waals surface area contributed by atoms with Gasteiger partial charge in [-0.3, -0.25) is 0 Å². The van der Waals surface area contributed by atoms with Crippen molar-refractivity contribution in [1.82, 2.24) is 10.0 Å². The van der Waals surface area contributed by atoms with Crippen molar-refractivity contribution in [1.29, 1.82) is 0 Å². The molecule has 0 spiro atoms. The third kappa shape index (κ3) is 3.60. The van der Waals surface area contributed by atoms with E-state index < -0.39 is 10.0 Å². The quantitative estimate of drug-likeness (QED) is 0.902. The van der Waals surface area contributed by atoms with Crippen molar-refractivity contribution >= 4 is 33.2 Å². The molecule has 6 heteroatoms. The van der Waals surface area contributed by atoms with Crippen molar-refractivity contribution in [3.63, 3.8) is 0 Å². The highest BCUT2D eigenvalue weighted by atomic mass is 35.5. The number of hydrogen-bond acceptors (Lipinski definition) is 3. The van der Waals surface area contributed by atoms with Gasteiger partial charge in [-0.25, -0.2) is 13.1 Å². The molecule has 0 radical (unpaired) electrons. The topological polar surface area (TPSA) is 58.2 Å². The second kappa shape index (κ2) is 6.96. The van der Waals surface area contributed by atoms with Crippen LogP contribution in [0, 0.1) is 5.92 Å². The van der Waals surface area contributed by atoms with Crippen LogP contribution in [0.2, 0.25) is 0 Å². The van der Waals surface area contributed by atoms with Crippen molar-refractivity contribution in [2.24, 2.45) is 5.92 Å². The van der Waals surface area contributed by atoms with Crippen LogP contribution in [0.4, 0.5) is 0 Å². The van der Waals surface area contributed by atoms with Crippen molar-refractivity contribution < 1.29 is 8.42 Å². The predicted octanol–water partition coefficient (Wildman–Crippen LogP) is 2.54. The van der Waals surface area contributed by atoms with Crippen LogP contribution in [0.5, 0.6) is 0 Å². The van der Waals surface area contributed by atoms with Gasteiger partial charge >= 0.3 is 0 Å². The molecule has 120 valence electrons. The lowest BCUT2D eigenvalue weighted by molar-refractivity contribution is 0.328. The minimum Gasteiger partial charge on any atom is -0.316 e. The summed E-state index contributed by atoms with van der Waals surface area (Å²) in [5, 5.41) is 5.27. The van der Waals surface area contributed by atoms with Gasteiger partial charge in [-0.1, -0.05) is 37.3 Å². The van der Waals surface area contributed by atoms with Gasteiger partial charge in [0.1, 0.15) is 0 Å². The van der Waals surface area contributed by atoms with Crippen molar-refractivity contribution in [3.05, 3.63) is 42.5 Å². The Morgan fingerprint density at radius 2 is 1.86 bits per heavy atom. The molecule has 0 aliphatic carbocycles. The van der Waals surface area contributed by atoms with Crippen LogP contribution in [0.25, 0.3) is 10.8 Å². The van der Waals surface area contributed by atoms with Crippen LogP contribution in [0.1, 0.15) is 13.3 Å². The Labute approximate surface area is 137 Å². The maximum Gasteiger partial charge on any atom is 0.240 e. The Morgan fingerprint density at radius 3 is 2.59 bits per heavy atom. The normalized spacial score (nSPS) is 22.2. The van der Waals surface area contributed by atoms with Crippen molar-refractivity contribution in [2.75, 3.05) is 13.1 Å². The molecule has 1 aliphatic rings. The minimum absolute atomic E-state index is 0. The van der Waals surface area contributed by atoms with E-state index in [0.29, 0.717) is 10.8 Å². The third-order valence-corrected chi connectivity index (χ3v) is 5.61. The highest BCUT2D eigenvalue weighted by Gasteiger charge is 2.26. The summed E-state index contributed by atoms with van der Waals surface area (Å²) in [6, 6.07) is 13.1. The Balaban J connectivity index is 0.00000176. The highest BCUT2D eigenvalue weighted by Crippen LogP contribution is 2.20. The highest BCUT2D eigenvalue weighted by molar-refractivity contribution is 7.89. The number of benzene rings is 2. The molecule has 0 saturated carbocycles. The predicted molar refractivity (Wildman–Crippen MR) is 92.0 cm³/mol. The molecule has 0 aromatic heterocycles. The first-order valence-corrected chi connectivity index (χ1v) is 8.76. The molecule has 2 atom stereocenters. The van der Waals surface area contributed by atoms with Gasteiger partial charge in [-0.05, 0) is 48.3 Å². The fourth-order valence-electron chi connectivity index (χ4n) is 2.79. The van der Waals surface area contributed by atoms with Gasteiger partial charge in [0.15, 0.2) is 0 Å². The number of rotatable bonds is 3. The summed E-state index contributed by atoms with van der Waals surface area (Å²) >= 11 is 0. The smallest absolute Gasteiger partial charge is 0.240 e. The monoisotopic (exact) mass is 340 g/mol. The molecule has 0 amide bonds. The fraction of sp³-hybridized carbons (Fsp3) is 0.375. The number of sulfonamides is 1. The van der Waals surface area contributed by atoms with E-state index in [1.54, 1.807) is 12.1 Å². The maximum absolute atomic E-state index is 12.6. The minimum atomic E-state index is -3.46. The summed E-state index contributed by atoms with van der Waals surface area (Å²) in [5.41, 5.74) is 0. The largest absolute Gasteiger partial charge is 0.316 e. The molecular weight excluding hydrogens is 320 g/mol. The molecule has 1 heterocycles. The van der Waals surface area contributed by atoms with Gasteiger partial charge in [0, 0.05) is 6.04 Å². The SMILES string of the molecule is CC1CNCCC1NS(=O)(=O)c1ccc2ccccc2c1.Cl. The summed E-state index contributed by atoms with van der Waals surface area (Å²) in [6.45, 7) is 3.78.